The summed E-state index contributed by atoms with van der Waals surface area (Å²) in [5, 5.41) is 4.74. The monoisotopic (exact) mass is 595 g/mol. The summed E-state index contributed by atoms with van der Waals surface area (Å²) >= 11 is 0. The molecule has 0 amide bonds. The van der Waals surface area contributed by atoms with Crippen molar-refractivity contribution in [3.63, 3.8) is 0 Å². The number of fused-ring (bicyclic) bond motifs is 3. The van der Waals surface area contributed by atoms with Gasteiger partial charge in [-0.15, -0.1) is 0 Å². The smallest absolute Gasteiger partial charge is 0.171 e. The van der Waals surface area contributed by atoms with Crippen molar-refractivity contribution >= 4 is 44.9 Å². The zero-order chi connectivity index (χ0) is 30.2. The Labute approximate surface area is 263 Å². The highest BCUT2D eigenvalue weighted by atomic mass is 31.2. The molecule has 0 radical (unpaired) electrons. The second kappa shape index (κ2) is 11.2. The van der Waals surface area contributed by atoms with Gasteiger partial charge in [0, 0.05) is 32.4 Å². The lowest BCUT2D eigenvalue weighted by atomic mass is 9.99. The van der Waals surface area contributed by atoms with Gasteiger partial charge in [-0.1, -0.05) is 140 Å². The second-order valence-electron chi connectivity index (χ2n) is 11.3. The molecule has 214 valence electrons. The lowest BCUT2D eigenvalue weighted by molar-refractivity contribution is 0.592. The van der Waals surface area contributed by atoms with Crippen molar-refractivity contribution in [2.24, 2.45) is 0 Å². The summed E-state index contributed by atoms with van der Waals surface area (Å²) in [6, 6.07) is 62.6. The van der Waals surface area contributed by atoms with Crippen LogP contribution in [0.2, 0.25) is 0 Å². The maximum absolute atomic E-state index is 15.2. The molecule has 0 saturated carbocycles. The molecule has 8 rings (SSSR count). The molecule has 7 aromatic carbocycles. The summed E-state index contributed by atoms with van der Waals surface area (Å²) in [5.41, 5.74) is 8.03. The molecule has 0 N–H and O–H groups in total. The average Bonchev–Trinajstić information content (AvgIpc) is 3.46. The molecule has 0 bridgehead atoms. The molecule has 0 saturated heterocycles. The summed E-state index contributed by atoms with van der Waals surface area (Å²) < 4.78 is 17.5. The van der Waals surface area contributed by atoms with Crippen molar-refractivity contribution in [1.29, 1.82) is 0 Å². The van der Waals surface area contributed by atoms with Gasteiger partial charge in [0.15, 0.2) is 7.14 Å². The minimum atomic E-state index is -3.11. The topological polar surface area (TPSA) is 22.0 Å². The summed E-state index contributed by atoms with van der Waals surface area (Å²) in [7, 11) is -3.11. The molecular formula is C42H30NOP. The molecule has 0 spiro atoms. The minimum Gasteiger partial charge on any atom is -0.309 e. The van der Waals surface area contributed by atoms with Gasteiger partial charge in [0.2, 0.25) is 0 Å². The highest BCUT2D eigenvalue weighted by molar-refractivity contribution is 7.85. The fourth-order valence-electron chi connectivity index (χ4n) is 6.49. The van der Waals surface area contributed by atoms with Crippen molar-refractivity contribution in [2.45, 2.75) is 0 Å². The molecule has 8 aromatic rings. The van der Waals surface area contributed by atoms with Crippen LogP contribution in [0.1, 0.15) is 0 Å². The van der Waals surface area contributed by atoms with E-state index < -0.39 is 7.14 Å². The van der Waals surface area contributed by atoms with Crippen molar-refractivity contribution in [2.75, 3.05) is 0 Å². The zero-order valence-corrected chi connectivity index (χ0v) is 25.5. The van der Waals surface area contributed by atoms with E-state index in [1.165, 1.54) is 16.7 Å². The molecule has 0 aliphatic carbocycles. The van der Waals surface area contributed by atoms with Gasteiger partial charge in [0.25, 0.3) is 0 Å². The van der Waals surface area contributed by atoms with Gasteiger partial charge in [0.05, 0.1) is 11.0 Å². The van der Waals surface area contributed by atoms with Crippen LogP contribution in [0.3, 0.4) is 0 Å². The Kier molecular flexibility index (Phi) is 6.78. The first-order valence-electron chi connectivity index (χ1n) is 15.2. The number of para-hydroxylation sites is 1. The minimum absolute atomic E-state index is 0.835. The molecule has 2 nitrogen and oxygen atoms in total. The van der Waals surface area contributed by atoms with E-state index in [1.807, 2.05) is 66.7 Å². The molecule has 45 heavy (non-hydrogen) atoms. The summed E-state index contributed by atoms with van der Waals surface area (Å²) in [4.78, 5) is 0. The van der Waals surface area contributed by atoms with Crippen LogP contribution in [-0.4, -0.2) is 4.57 Å². The first-order valence-corrected chi connectivity index (χ1v) is 16.9. The third-order valence-electron chi connectivity index (χ3n) is 8.67. The van der Waals surface area contributed by atoms with Crippen molar-refractivity contribution < 1.29 is 4.57 Å². The van der Waals surface area contributed by atoms with Crippen molar-refractivity contribution in [1.82, 2.24) is 4.57 Å². The number of aromatic nitrogens is 1. The van der Waals surface area contributed by atoms with Crippen LogP contribution in [0.25, 0.3) is 49.7 Å². The quantitative estimate of drug-likeness (QED) is 0.175. The van der Waals surface area contributed by atoms with E-state index >= 15 is 4.57 Å². The lowest BCUT2D eigenvalue weighted by Gasteiger charge is -2.20. The number of benzene rings is 7. The van der Waals surface area contributed by atoms with Gasteiger partial charge < -0.3 is 9.13 Å². The Morgan fingerprint density at radius 1 is 0.356 bits per heavy atom. The van der Waals surface area contributed by atoms with E-state index in [-0.39, 0.29) is 0 Å². The summed E-state index contributed by atoms with van der Waals surface area (Å²) in [6.07, 6.45) is 0. The largest absolute Gasteiger partial charge is 0.309 e. The second-order valence-corrected chi connectivity index (χ2v) is 14.1. The normalized spacial score (nSPS) is 11.6. The van der Waals surface area contributed by atoms with Crippen LogP contribution in [0, 0.1) is 0 Å². The van der Waals surface area contributed by atoms with Crippen LogP contribution in [0.15, 0.2) is 182 Å². The number of hydrogen-bond donors (Lipinski definition) is 0. The zero-order valence-electron chi connectivity index (χ0n) is 24.6. The maximum Gasteiger partial charge on any atom is 0.171 e. The van der Waals surface area contributed by atoms with E-state index in [4.69, 9.17) is 0 Å². The highest BCUT2D eigenvalue weighted by Gasteiger charge is 2.30. The SMILES string of the molecule is O=P(c1ccccc1)(c1ccccc1)c1ccc2c(c1)c1ccccc1n2-c1cccc(-c2cccc(-c3ccccc3)c2)c1. The standard InChI is InChI=1S/C42H30NOP/c44-45(36-20-6-2-7-21-36,37-22-8-3-9-23-37)38-26-27-42-40(30-38)39-24-10-11-25-41(39)43(42)35-19-13-18-34(29-35)33-17-12-16-32(28-33)31-14-4-1-5-15-31/h1-30H. The average molecular weight is 596 g/mol. The first-order chi connectivity index (χ1) is 22.2. The summed E-state index contributed by atoms with van der Waals surface area (Å²) in [5.74, 6) is 0. The Balaban J connectivity index is 1.30. The van der Waals surface area contributed by atoms with Crippen LogP contribution in [-0.2, 0) is 4.57 Å². The molecular weight excluding hydrogens is 565 g/mol. The predicted octanol–water partition coefficient (Wildman–Crippen LogP) is 9.76. The molecule has 1 aromatic heterocycles. The van der Waals surface area contributed by atoms with E-state index in [0.717, 1.165) is 49.0 Å². The Morgan fingerprint density at radius 3 is 1.56 bits per heavy atom. The van der Waals surface area contributed by atoms with Gasteiger partial charge in [-0.2, -0.15) is 0 Å². The molecule has 0 unspecified atom stereocenters. The van der Waals surface area contributed by atoms with Crippen LogP contribution in [0.5, 0.6) is 0 Å². The molecule has 0 aliphatic heterocycles. The molecule has 3 heteroatoms. The highest BCUT2D eigenvalue weighted by Crippen LogP contribution is 2.44. The fraction of sp³-hybridized carbons (Fsp3) is 0. The van der Waals surface area contributed by atoms with E-state index in [2.05, 4.69) is 120 Å². The Bertz CT molecular complexity index is 2300. The summed E-state index contributed by atoms with van der Waals surface area (Å²) in [6.45, 7) is 0. The van der Waals surface area contributed by atoms with E-state index in [0.29, 0.717) is 0 Å². The van der Waals surface area contributed by atoms with Crippen LogP contribution < -0.4 is 15.9 Å². The van der Waals surface area contributed by atoms with Crippen LogP contribution >= 0.6 is 7.14 Å². The predicted molar refractivity (Wildman–Crippen MR) is 191 cm³/mol. The Hall–Kier alpha value is -5.43. The molecule has 0 aliphatic rings. The third-order valence-corrected chi connectivity index (χ3v) is 11.7. The van der Waals surface area contributed by atoms with Gasteiger partial charge in [-0.3, -0.25) is 0 Å². The molecule has 1 heterocycles. The van der Waals surface area contributed by atoms with Gasteiger partial charge >= 0.3 is 0 Å². The number of hydrogen-bond acceptors (Lipinski definition) is 1. The van der Waals surface area contributed by atoms with Crippen LogP contribution in [0.4, 0.5) is 0 Å². The fourth-order valence-corrected chi connectivity index (χ4v) is 9.17. The third kappa shape index (κ3) is 4.72. The maximum atomic E-state index is 15.2. The van der Waals surface area contributed by atoms with Crippen molar-refractivity contribution in [3.8, 4) is 27.9 Å². The van der Waals surface area contributed by atoms with Gasteiger partial charge in [-0.25, -0.2) is 0 Å². The Morgan fingerprint density at radius 2 is 0.867 bits per heavy atom. The van der Waals surface area contributed by atoms with Gasteiger partial charge in [-0.05, 0) is 64.7 Å². The van der Waals surface area contributed by atoms with Crippen molar-refractivity contribution in [3.05, 3.63) is 182 Å². The first kappa shape index (κ1) is 27.1. The molecule has 0 atom stereocenters. The number of rotatable bonds is 6. The number of nitrogens with zero attached hydrogens (tertiary/aromatic N) is 1. The lowest BCUT2D eigenvalue weighted by Crippen LogP contribution is -2.24. The van der Waals surface area contributed by atoms with E-state index in [1.54, 1.807) is 0 Å². The molecule has 0 fully saturated rings. The van der Waals surface area contributed by atoms with Gasteiger partial charge in [0.1, 0.15) is 0 Å². The van der Waals surface area contributed by atoms with E-state index in [9.17, 15) is 0 Å².